The number of pyridine rings is 2. The number of rotatable bonds is 6. The number of nitriles is 1. The van der Waals surface area contributed by atoms with Crippen molar-refractivity contribution in [3.63, 3.8) is 0 Å². The Bertz CT molecular complexity index is 1210. The molecule has 2 aromatic heterocycles. The highest BCUT2D eigenvalue weighted by molar-refractivity contribution is 6.36. The summed E-state index contributed by atoms with van der Waals surface area (Å²) in [6.07, 6.45) is 4.19. The molecular formula is C22H17ClF2N4O2. The summed E-state index contributed by atoms with van der Waals surface area (Å²) in [6, 6.07) is 8.91. The van der Waals surface area contributed by atoms with Crippen LogP contribution < -0.4 is 10.1 Å². The van der Waals surface area contributed by atoms with Gasteiger partial charge >= 0.3 is 6.61 Å². The van der Waals surface area contributed by atoms with Gasteiger partial charge in [-0.2, -0.15) is 14.0 Å². The van der Waals surface area contributed by atoms with Crippen molar-refractivity contribution in [2.75, 3.05) is 5.32 Å². The van der Waals surface area contributed by atoms with E-state index in [1.807, 2.05) is 13.0 Å². The monoisotopic (exact) mass is 442 g/mol. The molecule has 2 heterocycles. The van der Waals surface area contributed by atoms with E-state index in [0.29, 0.717) is 29.1 Å². The van der Waals surface area contributed by atoms with Crippen molar-refractivity contribution in [2.45, 2.75) is 26.4 Å². The summed E-state index contributed by atoms with van der Waals surface area (Å²) in [6.45, 7) is -1.05. The number of aromatic nitrogens is 2. The molecule has 0 bridgehead atoms. The molecule has 3 aromatic rings. The minimum atomic E-state index is -2.95. The van der Waals surface area contributed by atoms with E-state index < -0.39 is 6.61 Å². The molecule has 1 amide bonds. The Kier molecular flexibility index (Phi) is 5.70. The number of hydrogen-bond acceptors (Lipinski definition) is 5. The molecule has 0 spiro atoms. The number of benzene rings is 1. The Morgan fingerprint density at radius 1 is 1.32 bits per heavy atom. The van der Waals surface area contributed by atoms with Crippen LogP contribution in [0.1, 0.15) is 18.9 Å². The third kappa shape index (κ3) is 4.42. The lowest BCUT2D eigenvalue weighted by Crippen LogP contribution is -2.15. The van der Waals surface area contributed by atoms with Gasteiger partial charge in [-0.1, -0.05) is 18.5 Å². The van der Waals surface area contributed by atoms with E-state index in [-0.39, 0.29) is 23.6 Å². The molecule has 2 atom stereocenters. The van der Waals surface area contributed by atoms with Crippen molar-refractivity contribution >= 4 is 34.1 Å². The molecule has 1 aliphatic carbocycles. The van der Waals surface area contributed by atoms with Crippen molar-refractivity contribution in [2.24, 2.45) is 11.8 Å². The van der Waals surface area contributed by atoms with Gasteiger partial charge in [0.05, 0.1) is 22.9 Å². The first-order valence-electron chi connectivity index (χ1n) is 9.63. The van der Waals surface area contributed by atoms with Gasteiger partial charge in [-0.3, -0.25) is 4.79 Å². The second-order valence-corrected chi connectivity index (χ2v) is 7.63. The molecular weight excluding hydrogens is 426 g/mol. The maximum atomic E-state index is 12.5. The Labute approximate surface area is 181 Å². The van der Waals surface area contributed by atoms with E-state index in [2.05, 4.69) is 26.1 Å². The number of fused-ring (bicyclic) bond motifs is 1. The average Bonchev–Trinajstić information content (AvgIpc) is 3.53. The molecule has 1 aliphatic rings. The normalized spacial score (nSPS) is 17.4. The van der Waals surface area contributed by atoms with Gasteiger partial charge in [0.25, 0.3) is 0 Å². The lowest BCUT2D eigenvalue weighted by Gasteiger charge is -2.13. The van der Waals surface area contributed by atoms with Gasteiger partial charge in [0.1, 0.15) is 5.82 Å². The number of carbonyl (C=O) groups is 1. The van der Waals surface area contributed by atoms with E-state index in [1.165, 1.54) is 12.3 Å². The van der Waals surface area contributed by atoms with Gasteiger partial charge in [-0.05, 0) is 47.6 Å². The van der Waals surface area contributed by atoms with Crippen molar-refractivity contribution in [3.05, 3.63) is 47.2 Å². The lowest BCUT2D eigenvalue weighted by molar-refractivity contribution is -0.117. The number of amides is 1. The van der Waals surface area contributed by atoms with E-state index in [4.69, 9.17) is 16.9 Å². The van der Waals surface area contributed by atoms with E-state index in [9.17, 15) is 13.6 Å². The quantitative estimate of drug-likeness (QED) is 0.566. The van der Waals surface area contributed by atoms with E-state index in [0.717, 1.165) is 22.1 Å². The van der Waals surface area contributed by atoms with Crippen molar-refractivity contribution in [1.82, 2.24) is 9.97 Å². The molecule has 0 radical (unpaired) electrons. The van der Waals surface area contributed by atoms with Crippen LogP contribution >= 0.6 is 11.6 Å². The topological polar surface area (TPSA) is 87.9 Å². The predicted molar refractivity (Wildman–Crippen MR) is 112 cm³/mol. The SMILES string of the molecule is CCc1cc(OC(F)F)ncc1-c1cc(Cl)c2cnc(NC(=O)C3CC3C#N)cc2c1. The number of anilines is 1. The highest BCUT2D eigenvalue weighted by atomic mass is 35.5. The zero-order chi connectivity index (χ0) is 22.1. The molecule has 1 aromatic carbocycles. The Morgan fingerprint density at radius 2 is 2.13 bits per heavy atom. The van der Waals surface area contributed by atoms with Crippen LogP contribution in [-0.4, -0.2) is 22.5 Å². The van der Waals surface area contributed by atoms with Gasteiger partial charge < -0.3 is 10.1 Å². The zero-order valence-electron chi connectivity index (χ0n) is 16.4. The average molecular weight is 443 g/mol. The minimum Gasteiger partial charge on any atom is -0.417 e. The summed E-state index contributed by atoms with van der Waals surface area (Å²) in [5, 5.41) is 13.5. The fourth-order valence-corrected chi connectivity index (χ4v) is 3.74. The third-order valence-corrected chi connectivity index (χ3v) is 5.51. The standard InChI is InChI=1S/C22H17ClF2N4O2/c1-2-11-7-20(31-22(24)25)28-9-16(11)12-3-13-6-19(27-10-17(13)18(23)5-12)29-21(30)15-4-14(15)8-26/h3,5-7,9-10,14-15,22H,2,4H2,1H3,(H,27,29,30). The summed E-state index contributed by atoms with van der Waals surface area (Å²) in [7, 11) is 0. The highest BCUT2D eigenvalue weighted by Gasteiger charge is 2.43. The lowest BCUT2D eigenvalue weighted by atomic mass is 9.98. The molecule has 0 saturated heterocycles. The maximum Gasteiger partial charge on any atom is 0.388 e. The smallest absolute Gasteiger partial charge is 0.388 e. The van der Waals surface area contributed by atoms with E-state index >= 15 is 0 Å². The molecule has 158 valence electrons. The summed E-state index contributed by atoms with van der Waals surface area (Å²) < 4.78 is 29.4. The Morgan fingerprint density at radius 3 is 2.81 bits per heavy atom. The number of nitrogens with zero attached hydrogens (tertiary/aromatic N) is 3. The number of aryl methyl sites for hydroxylation is 1. The Hall–Kier alpha value is -3.31. The molecule has 2 unspecified atom stereocenters. The van der Waals surface area contributed by atoms with Crippen LogP contribution in [0.15, 0.2) is 36.7 Å². The zero-order valence-corrected chi connectivity index (χ0v) is 17.2. The van der Waals surface area contributed by atoms with Crippen molar-refractivity contribution in [1.29, 1.82) is 5.26 Å². The summed E-state index contributed by atoms with van der Waals surface area (Å²) >= 11 is 6.46. The van der Waals surface area contributed by atoms with Gasteiger partial charge in [0.15, 0.2) is 0 Å². The predicted octanol–water partition coefficient (Wildman–Crippen LogP) is 5.21. The molecule has 31 heavy (non-hydrogen) atoms. The van der Waals surface area contributed by atoms with Gasteiger partial charge in [-0.25, -0.2) is 9.97 Å². The van der Waals surface area contributed by atoms with Gasteiger partial charge in [0.2, 0.25) is 11.8 Å². The maximum absolute atomic E-state index is 12.5. The molecule has 1 fully saturated rings. The summed E-state index contributed by atoms with van der Waals surface area (Å²) in [5.41, 5.74) is 2.27. The van der Waals surface area contributed by atoms with Crippen molar-refractivity contribution in [3.8, 4) is 23.1 Å². The second kappa shape index (κ2) is 8.44. The highest BCUT2D eigenvalue weighted by Crippen LogP contribution is 2.39. The van der Waals surface area contributed by atoms with Crippen LogP contribution in [0, 0.1) is 23.2 Å². The van der Waals surface area contributed by atoms with Crippen LogP contribution in [0.3, 0.4) is 0 Å². The number of nitrogens with one attached hydrogen (secondary N) is 1. The van der Waals surface area contributed by atoms with Crippen LogP contribution in [0.4, 0.5) is 14.6 Å². The summed E-state index contributed by atoms with van der Waals surface area (Å²) in [5.74, 6) is -0.549. The second-order valence-electron chi connectivity index (χ2n) is 7.23. The first kappa shape index (κ1) is 20.9. The van der Waals surface area contributed by atoms with Crippen molar-refractivity contribution < 1.29 is 18.3 Å². The fraction of sp³-hybridized carbons (Fsp3) is 0.273. The minimum absolute atomic E-state index is 0.146. The van der Waals surface area contributed by atoms with Gasteiger partial charge in [-0.15, -0.1) is 0 Å². The first-order valence-corrected chi connectivity index (χ1v) is 10.0. The molecule has 4 rings (SSSR count). The number of halogens is 3. The summed E-state index contributed by atoms with van der Waals surface area (Å²) in [4.78, 5) is 20.4. The van der Waals surface area contributed by atoms with Gasteiger partial charge in [0, 0.05) is 29.4 Å². The molecule has 6 nitrogen and oxygen atoms in total. The van der Waals surface area contributed by atoms with Crippen LogP contribution in [0.25, 0.3) is 21.9 Å². The molecule has 1 N–H and O–H groups in total. The molecule has 1 saturated carbocycles. The third-order valence-electron chi connectivity index (χ3n) is 5.20. The van der Waals surface area contributed by atoms with Crippen LogP contribution in [0.2, 0.25) is 5.02 Å². The fourth-order valence-electron chi connectivity index (χ4n) is 3.47. The Balaban J connectivity index is 1.68. The number of alkyl halides is 2. The number of hydrogen-bond donors (Lipinski definition) is 1. The van der Waals surface area contributed by atoms with Crippen LogP contribution in [-0.2, 0) is 11.2 Å². The first-order chi connectivity index (χ1) is 14.9. The number of carbonyl (C=O) groups excluding carboxylic acids is 1. The number of ether oxygens (including phenoxy) is 1. The largest absolute Gasteiger partial charge is 0.417 e. The van der Waals surface area contributed by atoms with Crippen LogP contribution in [0.5, 0.6) is 5.88 Å². The molecule has 0 aliphatic heterocycles. The molecule has 9 heteroatoms. The van der Waals surface area contributed by atoms with E-state index in [1.54, 1.807) is 18.3 Å².